The lowest BCUT2D eigenvalue weighted by atomic mass is 9.94. The lowest BCUT2D eigenvalue weighted by molar-refractivity contribution is -0.383. The molecule has 0 bridgehead atoms. The van der Waals surface area contributed by atoms with Crippen molar-refractivity contribution in [1.29, 1.82) is 0 Å². The van der Waals surface area contributed by atoms with Crippen molar-refractivity contribution in [3.63, 3.8) is 0 Å². The van der Waals surface area contributed by atoms with Crippen molar-refractivity contribution in [3.05, 3.63) is 93.4 Å². The highest BCUT2D eigenvalue weighted by Gasteiger charge is 2.31. The van der Waals surface area contributed by atoms with Gasteiger partial charge in [0.15, 0.2) is 0 Å². The zero-order valence-electron chi connectivity index (χ0n) is 17.0. The van der Waals surface area contributed by atoms with E-state index >= 15 is 0 Å². The summed E-state index contributed by atoms with van der Waals surface area (Å²) in [6.07, 6.45) is -1.67. The van der Waals surface area contributed by atoms with Crippen molar-refractivity contribution < 1.29 is 23.2 Å². The molecule has 0 radical (unpaired) electrons. The zero-order chi connectivity index (χ0) is 23.8. The van der Waals surface area contributed by atoms with Crippen LogP contribution in [0.15, 0.2) is 60.9 Å². The zero-order valence-corrected chi connectivity index (χ0v) is 17.0. The first-order chi connectivity index (χ1) is 15.6. The highest BCUT2D eigenvalue weighted by Crippen LogP contribution is 2.41. The summed E-state index contributed by atoms with van der Waals surface area (Å²) < 4.78 is 39.2. The fourth-order valence-electron chi connectivity index (χ4n) is 3.45. The van der Waals surface area contributed by atoms with Gasteiger partial charge in [-0.2, -0.15) is 13.2 Å². The van der Waals surface area contributed by atoms with Gasteiger partial charge >= 0.3 is 6.18 Å². The number of nitrogens with one attached hydrogen (secondary N) is 1. The lowest BCUT2D eigenvalue weighted by Crippen LogP contribution is -2.16. The van der Waals surface area contributed by atoms with Gasteiger partial charge in [-0.1, -0.05) is 12.1 Å². The molecular formula is C22H16F3N5O3. The average molecular weight is 455 g/mol. The highest BCUT2D eigenvalue weighted by atomic mass is 19.4. The molecule has 0 saturated heterocycles. The summed E-state index contributed by atoms with van der Waals surface area (Å²) in [6.45, 7) is 1.72. The SMILES string of the molecule is Cc1ccnc(NC(c2ccc(C(F)(F)F)cc2)c2cc([N+](=O)[O-])c3cccnc3c2O)n1. The Morgan fingerprint density at radius 2 is 1.82 bits per heavy atom. The van der Waals surface area contributed by atoms with E-state index in [4.69, 9.17) is 0 Å². The molecule has 2 heterocycles. The largest absolute Gasteiger partial charge is 0.505 e. The van der Waals surface area contributed by atoms with Crippen molar-refractivity contribution in [2.24, 2.45) is 0 Å². The van der Waals surface area contributed by atoms with Crippen molar-refractivity contribution in [1.82, 2.24) is 15.0 Å². The van der Waals surface area contributed by atoms with Crippen LogP contribution in [0.5, 0.6) is 5.75 Å². The van der Waals surface area contributed by atoms with Crippen LogP contribution in [-0.4, -0.2) is 25.0 Å². The third-order valence-electron chi connectivity index (χ3n) is 5.02. The molecule has 2 aromatic carbocycles. The third-order valence-corrected chi connectivity index (χ3v) is 5.02. The number of nitro groups is 1. The Bertz CT molecular complexity index is 1340. The first-order valence-electron chi connectivity index (χ1n) is 9.63. The van der Waals surface area contributed by atoms with Crippen LogP contribution >= 0.6 is 0 Å². The van der Waals surface area contributed by atoms with Crippen LogP contribution in [0.3, 0.4) is 0 Å². The van der Waals surface area contributed by atoms with Crippen LogP contribution < -0.4 is 5.32 Å². The summed E-state index contributed by atoms with van der Waals surface area (Å²) in [5.41, 5.74) is -0.215. The van der Waals surface area contributed by atoms with Gasteiger partial charge in [0.05, 0.1) is 21.9 Å². The van der Waals surface area contributed by atoms with Crippen LogP contribution in [-0.2, 0) is 6.18 Å². The Labute approximate surface area is 184 Å². The third kappa shape index (κ3) is 4.38. The second kappa shape index (κ2) is 8.34. The highest BCUT2D eigenvalue weighted by molar-refractivity contribution is 5.93. The van der Waals surface area contributed by atoms with Gasteiger partial charge in [-0.05, 0) is 42.8 Å². The van der Waals surface area contributed by atoms with Crippen LogP contribution in [0.1, 0.15) is 28.4 Å². The van der Waals surface area contributed by atoms with Gasteiger partial charge in [0.1, 0.15) is 11.3 Å². The van der Waals surface area contributed by atoms with Crippen molar-refractivity contribution >= 4 is 22.5 Å². The Morgan fingerprint density at radius 3 is 2.45 bits per heavy atom. The Balaban J connectivity index is 1.92. The van der Waals surface area contributed by atoms with Gasteiger partial charge < -0.3 is 10.4 Å². The van der Waals surface area contributed by atoms with E-state index in [0.29, 0.717) is 11.3 Å². The van der Waals surface area contributed by atoms with E-state index in [1.165, 1.54) is 42.7 Å². The van der Waals surface area contributed by atoms with E-state index in [1.54, 1.807) is 13.0 Å². The predicted octanol–water partition coefficient (Wildman–Crippen LogP) is 5.17. The minimum atomic E-state index is -4.53. The number of benzene rings is 2. The first-order valence-corrected chi connectivity index (χ1v) is 9.63. The number of phenolic OH excluding ortho intramolecular Hbond substituents is 1. The number of hydrogen-bond acceptors (Lipinski definition) is 7. The standard InChI is InChI=1S/C22H16F3N5O3/c1-12-8-10-27-21(28-12)29-18(13-4-6-14(7-5-13)22(23,24)25)16-11-17(30(32)33)15-3-2-9-26-19(15)20(16)31/h2-11,18,31H,1H3,(H,27,28,29). The van der Waals surface area contributed by atoms with E-state index < -0.39 is 22.7 Å². The molecule has 0 aliphatic rings. The molecule has 1 unspecified atom stereocenters. The Hall–Kier alpha value is -4.28. The van der Waals surface area contributed by atoms with Crippen molar-refractivity contribution in [2.45, 2.75) is 19.1 Å². The summed E-state index contributed by atoms with van der Waals surface area (Å²) in [7, 11) is 0. The predicted molar refractivity (Wildman–Crippen MR) is 114 cm³/mol. The number of halogens is 3. The number of pyridine rings is 1. The summed E-state index contributed by atoms with van der Waals surface area (Å²) in [5.74, 6) is -0.218. The molecule has 8 nitrogen and oxygen atoms in total. The monoisotopic (exact) mass is 455 g/mol. The molecule has 0 aliphatic carbocycles. The van der Waals surface area contributed by atoms with Crippen molar-refractivity contribution in [2.75, 3.05) is 5.32 Å². The molecule has 2 aromatic heterocycles. The van der Waals surface area contributed by atoms with Gasteiger partial charge in [-0.25, -0.2) is 9.97 Å². The number of fused-ring (bicyclic) bond motifs is 1. The molecule has 168 valence electrons. The van der Waals surface area contributed by atoms with Crippen LogP contribution in [0.2, 0.25) is 0 Å². The maximum atomic E-state index is 13.1. The average Bonchev–Trinajstić information content (AvgIpc) is 2.78. The number of non-ortho nitro benzene ring substituents is 1. The number of aryl methyl sites for hydroxylation is 1. The summed E-state index contributed by atoms with van der Waals surface area (Å²) in [6, 6.07) is 9.01. The van der Waals surface area contributed by atoms with Crippen molar-refractivity contribution in [3.8, 4) is 5.75 Å². The summed E-state index contributed by atoms with van der Waals surface area (Å²) >= 11 is 0. The van der Waals surface area contributed by atoms with Gasteiger partial charge in [0.25, 0.3) is 5.69 Å². The molecule has 33 heavy (non-hydrogen) atoms. The van der Waals surface area contributed by atoms with E-state index in [9.17, 15) is 28.4 Å². The molecule has 0 spiro atoms. The second-order valence-electron chi connectivity index (χ2n) is 7.21. The number of alkyl halides is 3. The van der Waals surface area contributed by atoms with Crippen LogP contribution in [0, 0.1) is 17.0 Å². The molecular weight excluding hydrogens is 439 g/mol. The van der Waals surface area contributed by atoms with E-state index in [-0.39, 0.29) is 33.9 Å². The number of nitrogens with zero attached hydrogens (tertiary/aromatic N) is 4. The Kier molecular flexibility index (Phi) is 5.54. The number of aromatic nitrogens is 3. The number of aromatic hydroxyl groups is 1. The number of nitro benzene ring substituents is 1. The summed E-state index contributed by atoms with van der Waals surface area (Å²) in [5, 5.41) is 25.8. The fourth-order valence-corrected chi connectivity index (χ4v) is 3.45. The lowest BCUT2D eigenvalue weighted by Gasteiger charge is -2.22. The number of anilines is 1. The molecule has 4 aromatic rings. The molecule has 1 atom stereocenters. The topological polar surface area (TPSA) is 114 Å². The van der Waals surface area contributed by atoms with Gasteiger partial charge in [-0.3, -0.25) is 15.1 Å². The van der Waals surface area contributed by atoms with Gasteiger partial charge in [-0.15, -0.1) is 0 Å². The summed E-state index contributed by atoms with van der Waals surface area (Å²) in [4.78, 5) is 23.5. The number of rotatable bonds is 5. The van der Waals surface area contributed by atoms with Crippen LogP contribution in [0.25, 0.3) is 10.9 Å². The maximum Gasteiger partial charge on any atom is 0.416 e. The molecule has 4 rings (SSSR count). The van der Waals surface area contributed by atoms with E-state index in [0.717, 1.165) is 12.1 Å². The van der Waals surface area contributed by atoms with E-state index in [1.807, 2.05) is 0 Å². The molecule has 0 saturated carbocycles. The first kappa shape index (κ1) is 21.9. The minimum Gasteiger partial charge on any atom is -0.505 e. The smallest absolute Gasteiger partial charge is 0.416 e. The molecule has 11 heteroatoms. The minimum absolute atomic E-state index is 0.00873. The normalized spacial score (nSPS) is 12.5. The van der Waals surface area contributed by atoms with E-state index in [2.05, 4.69) is 20.3 Å². The van der Waals surface area contributed by atoms with Gasteiger partial charge in [0.2, 0.25) is 5.95 Å². The molecule has 0 fully saturated rings. The van der Waals surface area contributed by atoms with Crippen LogP contribution in [0.4, 0.5) is 24.8 Å². The molecule has 2 N–H and O–H groups in total. The molecule has 0 aliphatic heterocycles. The maximum absolute atomic E-state index is 13.1. The quantitative estimate of drug-likeness (QED) is 0.315. The molecule has 0 amide bonds. The fraction of sp³-hybridized carbons (Fsp3) is 0.136. The Morgan fingerprint density at radius 1 is 1.09 bits per heavy atom. The van der Waals surface area contributed by atoms with Gasteiger partial charge in [0, 0.05) is 29.7 Å². The number of hydrogen-bond donors (Lipinski definition) is 2. The number of phenols is 1. The second-order valence-corrected chi connectivity index (χ2v) is 7.21.